The lowest BCUT2D eigenvalue weighted by Gasteiger charge is -2.38. The van der Waals surface area contributed by atoms with Gasteiger partial charge in [-0.25, -0.2) is 9.59 Å². The van der Waals surface area contributed by atoms with Gasteiger partial charge >= 0.3 is 12.1 Å². The topological polar surface area (TPSA) is 108 Å². The van der Waals surface area contributed by atoms with E-state index in [4.69, 9.17) is 13.7 Å². The molecule has 9 heteroatoms. The van der Waals surface area contributed by atoms with E-state index >= 15 is 0 Å². The van der Waals surface area contributed by atoms with Crippen molar-refractivity contribution in [3.05, 3.63) is 0 Å². The van der Waals surface area contributed by atoms with Crippen molar-refractivity contribution in [3.63, 3.8) is 0 Å². The minimum atomic E-state index is -3.56. The van der Waals surface area contributed by atoms with Crippen molar-refractivity contribution >= 4 is 22.2 Å². The van der Waals surface area contributed by atoms with Gasteiger partial charge in [-0.3, -0.25) is 4.18 Å². The number of rotatable bonds is 4. The molecule has 0 spiro atoms. The maximum Gasteiger partial charge on any atom is 0.408 e. The summed E-state index contributed by atoms with van der Waals surface area (Å²) in [6.07, 6.45) is 0.774. The van der Waals surface area contributed by atoms with Gasteiger partial charge in [-0.15, -0.1) is 0 Å². The van der Waals surface area contributed by atoms with Gasteiger partial charge in [-0.1, -0.05) is 0 Å². The van der Waals surface area contributed by atoms with Gasteiger partial charge < -0.3 is 14.8 Å². The number of amides is 1. The van der Waals surface area contributed by atoms with Gasteiger partial charge in [0.15, 0.2) is 0 Å². The molecule has 23 heavy (non-hydrogen) atoms. The van der Waals surface area contributed by atoms with Crippen LogP contribution < -0.4 is 5.32 Å². The van der Waals surface area contributed by atoms with Crippen molar-refractivity contribution in [2.75, 3.05) is 13.4 Å². The molecule has 0 aliphatic heterocycles. The number of carbonyl (C=O) groups excluding carboxylic acids is 2. The first-order valence-corrected chi connectivity index (χ1v) is 9.16. The van der Waals surface area contributed by atoms with E-state index in [0.717, 1.165) is 6.26 Å². The van der Waals surface area contributed by atoms with Crippen molar-refractivity contribution in [3.8, 4) is 0 Å². The van der Waals surface area contributed by atoms with Crippen LogP contribution in [0.2, 0.25) is 0 Å². The third-order valence-electron chi connectivity index (χ3n) is 3.41. The molecule has 0 heterocycles. The van der Waals surface area contributed by atoms with Gasteiger partial charge in [-0.2, -0.15) is 8.42 Å². The smallest absolute Gasteiger partial charge is 0.408 e. The summed E-state index contributed by atoms with van der Waals surface area (Å²) in [6.45, 7) is 5.15. The highest BCUT2D eigenvalue weighted by molar-refractivity contribution is 7.86. The number of methoxy groups -OCH3 is 1. The average molecular weight is 351 g/mol. The number of ether oxygens (including phenoxy) is 2. The Hall–Kier alpha value is -1.35. The Morgan fingerprint density at radius 1 is 1.17 bits per heavy atom. The zero-order chi connectivity index (χ0) is 17.9. The van der Waals surface area contributed by atoms with Crippen LogP contribution >= 0.6 is 0 Å². The van der Waals surface area contributed by atoms with Crippen LogP contribution in [0.15, 0.2) is 0 Å². The quantitative estimate of drug-likeness (QED) is 0.601. The van der Waals surface area contributed by atoms with E-state index in [2.05, 4.69) is 5.32 Å². The summed E-state index contributed by atoms with van der Waals surface area (Å²) in [5.74, 6) is -0.582. The average Bonchev–Trinajstić information content (AvgIpc) is 2.36. The Morgan fingerprint density at radius 2 is 1.70 bits per heavy atom. The minimum Gasteiger partial charge on any atom is -0.467 e. The van der Waals surface area contributed by atoms with E-state index < -0.39 is 39.4 Å². The molecular formula is C14H25NO7S. The number of hydrogen-bond donors (Lipinski definition) is 1. The Balaban J connectivity index is 2.79. The lowest BCUT2D eigenvalue weighted by molar-refractivity contribution is -0.150. The van der Waals surface area contributed by atoms with Gasteiger partial charge in [0.2, 0.25) is 0 Å². The first kappa shape index (κ1) is 19.7. The van der Waals surface area contributed by atoms with Crippen LogP contribution in [0.5, 0.6) is 0 Å². The molecule has 1 aliphatic rings. The van der Waals surface area contributed by atoms with Crippen LogP contribution in [0.3, 0.4) is 0 Å². The molecule has 1 saturated carbocycles. The number of carbonyl (C=O) groups is 2. The first-order chi connectivity index (χ1) is 10.4. The largest absolute Gasteiger partial charge is 0.467 e. The summed E-state index contributed by atoms with van der Waals surface area (Å²) in [5.41, 5.74) is -1.92. The third kappa shape index (κ3) is 6.34. The Bertz CT molecular complexity index is 542. The molecule has 0 aromatic carbocycles. The van der Waals surface area contributed by atoms with E-state index in [0.29, 0.717) is 12.8 Å². The number of hydrogen-bond acceptors (Lipinski definition) is 7. The molecule has 8 nitrogen and oxygen atoms in total. The maximum absolute atomic E-state index is 12.1. The van der Waals surface area contributed by atoms with E-state index in [-0.39, 0.29) is 12.8 Å². The molecule has 0 saturated heterocycles. The summed E-state index contributed by atoms with van der Waals surface area (Å²) >= 11 is 0. The maximum atomic E-state index is 12.1. The highest BCUT2D eigenvalue weighted by Gasteiger charge is 2.45. The van der Waals surface area contributed by atoms with Crippen molar-refractivity contribution in [2.24, 2.45) is 0 Å². The number of esters is 1. The van der Waals surface area contributed by atoms with Crippen molar-refractivity contribution < 1.29 is 31.7 Å². The molecule has 0 atom stereocenters. The van der Waals surface area contributed by atoms with Crippen LogP contribution in [0.1, 0.15) is 46.5 Å². The zero-order valence-corrected chi connectivity index (χ0v) is 15.0. The highest BCUT2D eigenvalue weighted by Crippen LogP contribution is 2.32. The third-order valence-corrected chi connectivity index (χ3v) is 4.04. The molecule has 134 valence electrons. The predicted octanol–water partition coefficient (Wildman–Crippen LogP) is 1.34. The van der Waals surface area contributed by atoms with E-state index in [1.165, 1.54) is 7.11 Å². The molecule has 0 radical (unpaired) electrons. The van der Waals surface area contributed by atoms with E-state index in [9.17, 15) is 18.0 Å². The molecule has 0 unspecified atom stereocenters. The molecule has 0 bridgehead atoms. The fraction of sp³-hybridized carbons (Fsp3) is 0.857. The number of nitrogens with one attached hydrogen (secondary N) is 1. The fourth-order valence-electron chi connectivity index (χ4n) is 2.50. The van der Waals surface area contributed by atoms with Gasteiger partial charge in [0.25, 0.3) is 10.1 Å². The Morgan fingerprint density at radius 3 is 2.09 bits per heavy atom. The zero-order valence-electron chi connectivity index (χ0n) is 14.2. The van der Waals surface area contributed by atoms with E-state index in [1.54, 1.807) is 20.8 Å². The second kappa shape index (κ2) is 7.04. The van der Waals surface area contributed by atoms with Crippen LogP contribution in [0, 0.1) is 0 Å². The fourth-order valence-corrected chi connectivity index (χ4v) is 3.19. The minimum absolute atomic E-state index is 0.207. The summed E-state index contributed by atoms with van der Waals surface area (Å²) in [4.78, 5) is 24.1. The summed E-state index contributed by atoms with van der Waals surface area (Å²) < 4.78 is 37.3. The lowest BCUT2D eigenvalue weighted by atomic mass is 9.80. The summed E-state index contributed by atoms with van der Waals surface area (Å²) in [7, 11) is -2.33. The van der Waals surface area contributed by atoms with Crippen molar-refractivity contribution in [1.29, 1.82) is 0 Å². The van der Waals surface area contributed by atoms with Crippen LogP contribution in [0.25, 0.3) is 0 Å². The summed E-state index contributed by atoms with van der Waals surface area (Å²) in [6, 6.07) is 0. The normalized spacial score (nSPS) is 25.5. The molecule has 0 aromatic heterocycles. The molecule has 1 N–H and O–H groups in total. The molecule has 1 aliphatic carbocycles. The van der Waals surface area contributed by atoms with Crippen molar-refractivity contribution in [1.82, 2.24) is 5.32 Å². The molecule has 1 amide bonds. The van der Waals surface area contributed by atoms with Gasteiger partial charge in [0.05, 0.1) is 19.5 Å². The molecule has 1 rings (SSSR count). The van der Waals surface area contributed by atoms with Crippen LogP contribution in [-0.4, -0.2) is 51.1 Å². The van der Waals surface area contributed by atoms with Gasteiger partial charge in [-0.05, 0) is 46.5 Å². The number of alkyl carbamates (subject to hydrolysis) is 1. The highest BCUT2D eigenvalue weighted by atomic mass is 32.2. The van der Waals surface area contributed by atoms with Crippen molar-refractivity contribution in [2.45, 2.75) is 63.7 Å². The van der Waals surface area contributed by atoms with Gasteiger partial charge in [0, 0.05) is 0 Å². The van der Waals surface area contributed by atoms with Crippen LogP contribution in [-0.2, 0) is 28.6 Å². The molecule has 1 fully saturated rings. The lowest BCUT2D eigenvalue weighted by Crippen LogP contribution is -2.58. The van der Waals surface area contributed by atoms with Crippen LogP contribution in [0.4, 0.5) is 4.79 Å². The second-order valence-corrected chi connectivity index (χ2v) is 8.30. The SMILES string of the molecule is COC(=O)C1(NC(=O)OC(C)(C)C)CCC(OS(C)(=O)=O)CC1. The Kier molecular flexibility index (Phi) is 6.03. The molecular weight excluding hydrogens is 326 g/mol. The monoisotopic (exact) mass is 351 g/mol. The Labute approximate surface area is 137 Å². The standard InChI is InChI=1S/C14H25NO7S/c1-13(2,3)21-12(17)15-14(11(16)20-4)8-6-10(7-9-14)22-23(5,18)19/h10H,6-9H2,1-5H3,(H,15,17). The second-order valence-electron chi connectivity index (χ2n) is 6.70. The van der Waals surface area contributed by atoms with E-state index in [1.807, 2.05) is 0 Å². The summed E-state index contributed by atoms with van der Waals surface area (Å²) in [5, 5.41) is 2.58. The molecule has 0 aromatic rings. The first-order valence-electron chi connectivity index (χ1n) is 7.35. The predicted molar refractivity (Wildman–Crippen MR) is 82.3 cm³/mol. The van der Waals surface area contributed by atoms with Gasteiger partial charge in [0.1, 0.15) is 11.1 Å².